The zero-order valence-corrected chi connectivity index (χ0v) is 9.79. The standard InChI is InChI=1S/C13H18FNO/c1-12(2,7-15)13(8-16-9-13)10-5-3-4-6-11(10)14/h3-6H,7-9,15H2,1-2H3. The quantitative estimate of drug-likeness (QED) is 0.851. The highest BCUT2D eigenvalue weighted by atomic mass is 19.1. The lowest BCUT2D eigenvalue weighted by atomic mass is 9.60. The molecule has 1 aliphatic heterocycles. The summed E-state index contributed by atoms with van der Waals surface area (Å²) in [4.78, 5) is 0. The van der Waals surface area contributed by atoms with Crippen LogP contribution in [0.4, 0.5) is 4.39 Å². The Hall–Kier alpha value is -0.930. The van der Waals surface area contributed by atoms with Crippen LogP contribution in [0.2, 0.25) is 0 Å². The summed E-state index contributed by atoms with van der Waals surface area (Å²) < 4.78 is 19.2. The van der Waals surface area contributed by atoms with Crippen molar-refractivity contribution in [1.82, 2.24) is 0 Å². The lowest BCUT2D eigenvalue weighted by Crippen LogP contribution is -2.59. The van der Waals surface area contributed by atoms with Crippen LogP contribution in [0.1, 0.15) is 19.4 Å². The fourth-order valence-electron chi connectivity index (χ4n) is 2.26. The molecule has 0 radical (unpaired) electrons. The Labute approximate surface area is 95.6 Å². The molecule has 88 valence electrons. The van der Waals surface area contributed by atoms with Gasteiger partial charge in [-0.2, -0.15) is 0 Å². The molecule has 2 rings (SSSR count). The maximum Gasteiger partial charge on any atom is 0.127 e. The number of nitrogens with two attached hydrogens (primary N) is 1. The maximum atomic E-state index is 13.9. The second-order valence-electron chi connectivity index (χ2n) is 5.14. The van der Waals surface area contributed by atoms with Crippen LogP contribution in [0.25, 0.3) is 0 Å². The Morgan fingerprint density at radius 1 is 1.38 bits per heavy atom. The zero-order valence-electron chi connectivity index (χ0n) is 9.79. The van der Waals surface area contributed by atoms with Gasteiger partial charge < -0.3 is 10.5 Å². The third kappa shape index (κ3) is 1.46. The van der Waals surface area contributed by atoms with Gasteiger partial charge in [0.25, 0.3) is 0 Å². The molecular formula is C13H18FNO. The van der Waals surface area contributed by atoms with Gasteiger partial charge in [0, 0.05) is 0 Å². The van der Waals surface area contributed by atoms with Crippen molar-refractivity contribution in [3.63, 3.8) is 0 Å². The summed E-state index contributed by atoms with van der Waals surface area (Å²) in [7, 11) is 0. The minimum Gasteiger partial charge on any atom is -0.379 e. The number of hydrogen-bond acceptors (Lipinski definition) is 2. The van der Waals surface area contributed by atoms with Gasteiger partial charge in [-0.3, -0.25) is 0 Å². The summed E-state index contributed by atoms with van der Waals surface area (Å²) in [6, 6.07) is 6.92. The molecule has 0 saturated carbocycles. The van der Waals surface area contributed by atoms with Gasteiger partial charge in [-0.15, -0.1) is 0 Å². The molecule has 0 spiro atoms. The van der Waals surface area contributed by atoms with E-state index in [1.54, 1.807) is 6.07 Å². The fraction of sp³-hybridized carbons (Fsp3) is 0.538. The summed E-state index contributed by atoms with van der Waals surface area (Å²) in [5.41, 5.74) is 6.11. The van der Waals surface area contributed by atoms with Crippen molar-refractivity contribution in [2.24, 2.45) is 11.1 Å². The number of ether oxygens (including phenoxy) is 1. The Bertz CT molecular complexity index is 385. The van der Waals surface area contributed by atoms with E-state index in [0.717, 1.165) is 5.56 Å². The van der Waals surface area contributed by atoms with E-state index in [1.165, 1.54) is 6.07 Å². The van der Waals surface area contributed by atoms with Crippen molar-refractivity contribution in [3.05, 3.63) is 35.6 Å². The second kappa shape index (κ2) is 3.82. The maximum absolute atomic E-state index is 13.9. The lowest BCUT2D eigenvalue weighted by Gasteiger charge is -2.52. The highest BCUT2D eigenvalue weighted by molar-refractivity contribution is 5.32. The van der Waals surface area contributed by atoms with Crippen molar-refractivity contribution in [2.45, 2.75) is 19.3 Å². The normalized spacial score (nSPS) is 19.2. The van der Waals surface area contributed by atoms with Gasteiger partial charge in [0.05, 0.1) is 18.6 Å². The van der Waals surface area contributed by atoms with E-state index in [4.69, 9.17) is 10.5 Å². The molecular weight excluding hydrogens is 205 g/mol. The van der Waals surface area contributed by atoms with Crippen molar-refractivity contribution in [3.8, 4) is 0 Å². The first-order valence-corrected chi connectivity index (χ1v) is 5.56. The highest BCUT2D eigenvalue weighted by Crippen LogP contribution is 2.47. The first-order valence-electron chi connectivity index (χ1n) is 5.56. The minimum absolute atomic E-state index is 0.159. The Morgan fingerprint density at radius 2 is 2.00 bits per heavy atom. The van der Waals surface area contributed by atoms with Crippen LogP contribution in [0, 0.1) is 11.2 Å². The lowest BCUT2D eigenvalue weighted by molar-refractivity contribution is -0.118. The average molecular weight is 223 g/mol. The summed E-state index contributed by atoms with van der Waals surface area (Å²) in [5.74, 6) is -0.160. The van der Waals surface area contributed by atoms with Gasteiger partial charge in [0.15, 0.2) is 0 Å². The molecule has 2 nitrogen and oxygen atoms in total. The van der Waals surface area contributed by atoms with E-state index in [-0.39, 0.29) is 16.6 Å². The number of benzene rings is 1. The Morgan fingerprint density at radius 3 is 2.44 bits per heavy atom. The van der Waals surface area contributed by atoms with Crippen LogP contribution >= 0.6 is 0 Å². The first-order chi connectivity index (χ1) is 7.53. The largest absolute Gasteiger partial charge is 0.379 e. The van der Waals surface area contributed by atoms with E-state index in [2.05, 4.69) is 13.8 Å². The molecule has 1 aromatic carbocycles. The van der Waals surface area contributed by atoms with Crippen LogP contribution in [-0.2, 0) is 10.2 Å². The molecule has 2 N–H and O–H groups in total. The summed E-state index contributed by atoms with van der Waals surface area (Å²) in [5, 5.41) is 0. The molecule has 0 aliphatic carbocycles. The van der Waals surface area contributed by atoms with Gasteiger partial charge in [0.1, 0.15) is 5.82 Å². The van der Waals surface area contributed by atoms with Crippen molar-refractivity contribution < 1.29 is 9.13 Å². The Kier molecular flexibility index (Phi) is 2.76. The van der Waals surface area contributed by atoms with E-state index < -0.39 is 0 Å². The monoisotopic (exact) mass is 223 g/mol. The van der Waals surface area contributed by atoms with E-state index in [9.17, 15) is 4.39 Å². The first kappa shape index (κ1) is 11.6. The molecule has 0 atom stereocenters. The van der Waals surface area contributed by atoms with Crippen LogP contribution in [0.5, 0.6) is 0 Å². The molecule has 1 saturated heterocycles. The number of halogens is 1. The van der Waals surface area contributed by atoms with Crippen molar-refractivity contribution in [1.29, 1.82) is 0 Å². The third-order valence-electron chi connectivity index (χ3n) is 3.89. The summed E-state index contributed by atoms with van der Waals surface area (Å²) in [6.45, 7) is 5.77. The van der Waals surface area contributed by atoms with Crippen LogP contribution in [0.15, 0.2) is 24.3 Å². The van der Waals surface area contributed by atoms with Crippen LogP contribution < -0.4 is 5.73 Å². The predicted octanol–water partition coefficient (Wildman–Crippen LogP) is 2.08. The van der Waals surface area contributed by atoms with Crippen molar-refractivity contribution >= 4 is 0 Å². The van der Waals surface area contributed by atoms with Crippen molar-refractivity contribution in [2.75, 3.05) is 19.8 Å². The molecule has 0 amide bonds. The summed E-state index contributed by atoms with van der Waals surface area (Å²) >= 11 is 0. The fourth-order valence-corrected chi connectivity index (χ4v) is 2.26. The zero-order chi connectivity index (χ0) is 11.8. The molecule has 0 unspecified atom stereocenters. The van der Waals surface area contributed by atoms with E-state index >= 15 is 0 Å². The number of hydrogen-bond donors (Lipinski definition) is 1. The van der Waals surface area contributed by atoms with Gasteiger partial charge in [0.2, 0.25) is 0 Å². The molecule has 1 fully saturated rings. The Balaban J connectivity index is 2.47. The molecule has 16 heavy (non-hydrogen) atoms. The average Bonchev–Trinajstić information content (AvgIpc) is 2.19. The smallest absolute Gasteiger partial charge is 0.127 e. The SMILES string of the molecule is CC(C)(CN)C1(c2ccccc2F)COC1. The second-order valence-corrected chi connectivity index (χ2v) is 5.14. The van der Waals surface area contributed by atoms with Gasteiger partial charge >= 0.3 is 0 Å². The molecule has 1 aromatic rings. The van der Waals surface area contributed by atoms with Gasteiger partial charge in [-0.1, -0.05) is 32.0 Å². The third-order valence-corrected chi connectivity index (χ3v) is 3.89. The predicted molar refractivity (Wildman–Crippen MR) is 61.7 cm³/mol. The molecule has 0 aromatic heterocycles. The molecule has 3 heteroatoms. The topological polar surface area (TPSA) is 35.2 Å². The number of rotatable bonds is 3. The van der Waals surface area contributed by atoms with Crippen LogP contribution in [0.3, 0.4) is 0 Å². The molecule has 0 bridgehead atoms. The highest BCUT2D eigenvalue weighted by Gasteiger charge is 2.52. The molecule has 1 aliphatic rings. The van der Waals surface area contributed by atoms with E-state index in [0.29, 0.717) is 19.8 Å². The van der Waals surface area contributed by atoms with Crippen LogP contribution in [-0.4, -0.2) is 19.8 Å². The van der Waals surface area contributed by atoms with Gasteiger partial charge in [-0.25, -0.2) is 4.39 Å². The minimum atomic E-state index is -0.271. The van der Waals surface area contributed by atoms with Gasteiger partial charge in [-0.05, 0) is 23.6 Å². The summed E-state index contributed by atoms with van der Waals surface area (Å²) in [6.07, 6.45) is 0. The molecule has 1 heterocycles. The van der Waals surface area contributed by atoms with E-state index in [1.807, 2.05) is 12.1 Å².